The summed E-state index contributed by atoms with van der Waals surface area (Å²) in [5, 5.41) is 8.13. The summed E-state index contributed by atoms with van der Waals surface area (Å²) in [6.07, 6.45) is 0. The molecular formula is C28H21O2P. The molecule has 3 heteroatoms. The van der Waals surface area contributed by atoms with Crippen LogP contribution in [-0.2, 0) is 0 Å². The first-order valence-electron chi connectivity index (χ1n) is 10.5. The number of rotatable bonds is 1. The minimum Gasteiger partial charge on any atom is -0.415 e. The van der Waals surface area contributed by atoms with Gasteiger partial charge in [0.05, 0.1) is 5.30 Å². The summed E-state index contributed by atoms with van der Waals surface area (Å²) in [6.45, 7) is 4.26. The molecule has 1 heterocycles. The van der Waals surface area contributed by atoms with Gasteiger partial charge in [0.2, 0.25) is 0 Å². The van der Waals surface area contributed by atoms with Crippen LogP contribution in [0.1, 0.15) is 11.1 Å². The van der Waals surface area contributed by atoms with Gasteiger partial charge in [-0.3, -0.25) is 0 Å². The second-order valence-corrected chi connectivity index (χ2v) is 9.41. The van der Waals surface area contributed by atoms with Gasteiger partial charge in [-0.25, -0.2) is 0 Å². The molecule has 1 aromatic heterocycles. The highest BCUT2D eigenvalue weighted by molar-refractivity contribution is 7.45. The number of fused-ring (bicyclic) bond motifs is 7. The van der Waals surface area contributed by atoms with Gasteiger partial charge < -0.3 is 8.39 Å². The van der Waals surface area contributed by atoms with E-state index in [2.05, 4.69) is 86.6 Å². The second kappa shape index (κ2) is 7.04. The summed E-state index contributed by atoms with van der Waals surface area (Å²) < 4.78 is 13.4. The van der Waals surface area contributed by atoms with Crippen molar-refractivity contribution in [3.05, 3.63) is 102 Å². The van der Waals surface area contributed by atoms with Gasteiger partial charge in [0.25, 0.3) is 8.01 Å². The Morgan fingerprint density at radius 2 is 1.00 bits per heavy atom. The Bertz CT molecular complexity index is 1540. The lowest BCUT2D eigenvalue weighted by molar-refractivity contribution is 0.648. The van der Waals surface area contributed by atoms with Gasteiger partial charge >= 0.3 is 0 Å². The Hall–Kier alpha value is -3.48. The highest BCUT2D eigenvalue weighted by Gasteiger charge is 2.16. The van der Waals surface area contributed by atoms with E-state index in [-0.39, 0.29) is 0 Å². The zero-order valence-electron chi connectivity index (χ0n) is 17.4. The van der Waals surface area contributed by atoms with Gasteiger partial charge in [0, 0.05) is 10.8 Å². The first kappa shape index (κ1) is 18.3. The highest BCUT2D eigenvalue weighted by Crippen LogP contribution is 2.47. The third-order valence-electron chi connectivity index (χ3n) is 5.94. The molecule has 31 heavy (non-hydrogen) atoms. The molecule has 0 unspecified atom stereocenters. The van der Waals surface area contributed by atoms with Crippen molar-refractivity contribution in [3.8, 4) is 5.30 Å². The molecule has 0 N–H and O–H groups in total. The van der Waals surface area contributed by atoms with Gasteiger partial charge in [-0.2, -0.15) is 0 Å². The summed E-state index contributed by atoms with van der Waals surface area (Å²) in [5.41, 5.74) is 4.09. The molecule has 0 spiro atoms. The van der Waals surface area contributed by atoms with Crippen molar-refractivity contribution in [1.82, 2.24) is 0 Å². The molecule has 6 rings (SSSR count). The van der Waals surface area contributed by atoms with Gasteiger partial charge in [0.1, 0.15) is 11.2 Å². The van der Waals surface area contributed by atoms with Crippen LogP contribution in [-0.4, -0.2) is 0 Å². The van der Waals surface area contributed by atoms with Crippen molar-refractivity contribution in [2.75, 3.05) is 0 Å². The Balaban J connectivity index is 1.99. The van der Waals surface area contributed by atoms with E-state index < -0.39 is 8.01 Å². The molecule has 0 atom stereocenters. The summed E-state index contributed by atoms with van der Waals surface area (Å²) >= 11 is 0. The Morgan fingerprint density at radius 1 is 0.548 bits per heavy atom. The monoisotopic (exact) mass is 420 g/mol. The maximum absolute atomic E-state index is 6.71. The zero-order chi connectivity index (χ0) is 20.9. The van der Waals surface area contributed by atoms with Gasteiger partial charge in [-0.15, -0.1) is 0 Å². The van der Waals surface area contributed by atoms with Crippen LogP contribution in [0.4, 0.5) is 0 Å². The smallest absolute Gasteiger partial charge is 0.252 e. The van der Waals surface area contributed by atoms with Crippen LogP contribution >= 0.6 is 8.01 Å². The van der Waals surface area contributed by atoms with Crippen LogP contribution in [0.2, 0.25) is 0 Å². The fourth-order valence-corrected chi connectivity index (χ4v) is 5.97. The van der Waals surface area contributed by atoms with Crippen molar-refractivity contribution >= 4 is 51.5 Å². The summed E-state index contributed by atoms with van der Waals surface area (Å²) in [7, 11) is -1.31. The maximum Gasteiger partial charge on any atom is 0.252 e. The number of benzene rings is 5. The highest BCUT2D eigenvalue weighted by atomic mass is 31.1. The van der Waals surface area contributed by atoms with E-state index in [1.54, 1.807) is 0 Å². The molecular weight excluding hydrogens is 399 g/mol. The molecule has 6 aromatic rings. The molecule has 0 saturated heterocycles. The summed E-state index contributed by atoms with van der Waals surface area (Å²) in [5.74, 6) is 0. The Morgan fingerprint density at radius 3 is 1.52 bits per heavy atom. The van der Waals surface area contributed by atoms with Crippen LogP contribution in [0.3, 0.4) is 0 Å². The average Bonchev–Trinajstić information content (AvgIpc) is 2.99. The maximum atomic E-state index is 6.71. The lowest BCUT2D eigenvalue weighted by Gasteiger charge is -2.08. The van der Waals surface area contributed by atoms with Crippen molar-refractivity contribution in [2.45, 2.75) is 13.8 Å². The molecule has 150 valence electrons. The number of hydrogen-bond acceptors (Lipinski definition) is 2. The molecule has 0 saturated carbocycles. The third-order valence-corrected chi connectivity index (χ3v) is 7.36. The standard InChI is InChI=1S/C28H21O2P/c1-18-16-20-10-6-8-14-23(20)25-26-24-15-9-7-11-21(24)17-19(2)28(26)30-31(29-27(18)25)22-12-4-3-5-13-22/h3-17H,1-2H3. The van der Waals surface area contributed by atoms with Crippen molar-refractivity contribution < 1.29 is 8.39 Å². The lowest BCUT2D eigenvalue weighted by atomic mass is 9.95. The van der Waals surface area contributed by atoms with E-state index >= 15 is 0 Å². The topological polar surface area (TPSA) is 26.3 Å². The summed E-state index contributed by atoms with van der Waals surface area (Å²) in [4.78, 5) is 0. The predicted molar refractivity (Wildman–Crippen MR) is 132 cm³/mol. The molecule has 5 aromatic carbocycles. The summed E-state index contributed by atoms with van der Waals surface area (Å²) in [6, 6.07) is 31.8. The van der Waals surface area contributed by atoms with E-state index in [1.807, 2.05) is 18.2 Å². The van der Waals surface area contributed by atoms with Crippen LogP contribution < -0.4 is 0 Å². The van der Waals surface area contributed by atoms with Gasteiger partial charge in [0.15, 0.2) is 0 Å². The number of aryl methyl sites for hydroxylation is 2. The minimum atomic E-state index is -1.31. The molecule has 0 aliphatic rings. The van der Waals surface area contributed by atoms with E-state index in [0.29, 0.717) is 0 Å². The van der Waals surface area contributed by atoms with E-state index in [9.17, 15) is 0 Å². The van der Waals surface area contributed by atoms with Crippen LogP contribution in [0, 0.1) is 13.8 Å². The van der Waals surface area contributed by atoms with Crippen molar-refractivity contribution in [2.24, 2.45) is 0 Å². The average molecular weight is 420 g/mol. The first-order chi connectivity index (χ1) is 15.2. The van der Waals surface area contributed by atoms with Crippen molar-refractivity contribution in [1.29, 1.82) is 0 Å². The molecule has 0 fully saturated rings. The lowest BCUT2D eigenvalue weighted by Crippen LogP contribution is -1.85. The molecule has 0 amide bonds. The van der Waals surface area contributed by atoms with Crippen molar-refractivity contribution in [3.63, 3.8) is 0 Å². The fraction of sp³-hybridized carbons (Fsp3) is 0.0714. The fourth-order valence-electron chi connectivity index (χ4n) is 4.51. The normalized spacial score (nSPS) is 11.5. The quantitative estimate of drug-likeness (QED) is 0.265. The second-order valence-electron chi connectivity index (χ2n) is 8.01. The molecule has 2 nitrogen and oxygen atoms in total. The molecule has 0 aliphatic carbocycles. The first-order valence-corrected chi connectivity index (χ1v) is 11.6. The van der Waals surface area contributed by atoms with E-state index in [4.69, 9.17) is 8.39 Å². The van der Waals surface area contributed by atoms with Gasteiger partial charge in [-0.05, 0) is 70.8 Å². The minimum absolute atomic E-state index is 0.920. The molecule has 0 bridgehead atoms. The largest absolute Gasteiger partial charge is 0.415 e. The van der Waals surface area contributed by atoms with E-state index in [1.165, 1.54) is 21.5 Å². The predicted octanol–water partition coefficient (Wildman–Crippen LogP) is 9.20. The van der Waals surface area contributed by atoms with Crippen LogP contribution in [0.25, 0.3) is 48.8 Å². The van der Waals surface area contributed by atoms with E-state index in [0.717, 1.165) is 38.4 Å². The molecule has 0 aliphatic heterocycles. The van der Waals surface area contributed by atoms with Crippen LogP contribution in [0.5, 0.6) is 0 Å². The SMILES string of the molecule is Cc1cc2ccccc2c2c1op(-c1ccccc1)oc1c(C)cc3ccccc3c12. The molecule has 0 radical (unpaired) electrons. The van der Waals surface area contributed by atoms with Crippen LogP contribution in [0.15, 0.2) is 99.4 Å². The Labute approximate surface area is 181 Å². The third kappa shape index (κ3) is 2.87. The van der Waals surface area contributed by atoms with Gasteiger partial charge in [-0.1, -0.05) is 66.7 Å². The Kier molecular flexibility index (Phi) is 4.16. The number of hydrogen-bond donors (Lipinski definition) is 0. The zero-order valence-corrected chi connectivity index (χ0v) is 18.3.